The predicted molar refractivity (Wildman–Crippen MR) is 83.3 cm³/mol. The second-order valence-corrected chi connectivity index (χ2v) is 5.14. The van der Waals surface area contributed by atoms with Crippen LogP contribution in [0.15, 0.2) is 18.2 Å². The molecule has 0 bridgehead atoms. The molecule has 0 aliphatic rings. The number of halogens is 5. The molecule has 0 aliphatic heterocycles. The predicted octanol–water partition coefficient (Wildman–Crippen LogP) is 3.21. The molecule has 0 unspecified atom stereocenters. The van der Waals surface area contributed by atoms with Gasteiger partial charge in [-0.3, -0.25) is 4.79 Å². The third-order valence-corrected chi connectivity index (χ3v) is 3.53. The lowest BCUT2D eigenvalue weighted by Gasteiger charge is -2.13. The number of rotatable bonds is 4. The second kappa shape index (κ2) is 8.03. The van der Waals surface area contributed by atoms with Gasteiger partial charge in [0, 0.05) is 0 Å². The molecule has 0 aromatic heterocycles. The molecule has 0 atom stereocenters. The Bertz CT molecular complexity index is 963. The zero-order chi connectivity index (χ0) is 21.2. The van der Waals surface area contributed by atoms with E-state index >= 15 is 0 Å². The van der Waals surface area contributed by atoms with Crippen molar-refractivity contribution in [2.45, 2.75) is 0 Å². The number of methoxy groups -OCH3 is 2. The Hall–Kier alpha value is -3.50. The maximum atomic E-state index is 13.8. The molecule has 0 radical (unpaired) electrons. The molecule has 11 heteroatoms. The van der Waals surface area contributed by atoms with Crippen LogP contribution in [0.4, 0.5) is 27.6 Å². The van der Waals surface area contributed by atoms with Gasteiger partial charge in [-0.1, -0.05) is 0 Å². The Labute approximate surface area is 153 Å². The van der Waals surface area contributed by atoms with E-state index in [1.54, 1.807) is 0 Å². The fourth-order valence-corrected chi connectivity index (χ4v) is 2.17. The first-order chi connectivity index (χ1) is 13.1. The van der Waals surface area contributed by atoms with Crippen molar-refractivity contribution in [1.82, 2.24) is 0 Å². The van der Waals surface area contributed by atoms with Crippen LogP contribution in [0.1, 0.15) is 31.1 Å². The zero-order valence-corrected chi connectivity index (χ0v) is 14.2. The van der Waals surface area contributed by atoms with E-state index in [-0.39, 0.29) is 11.1 Å². The van der Waals surface area contributed by atoms with Gasteiger partial charge in [0.25, 0.3) is 5.91 Å². The fourth-order valence-electron chi connectivity index (χ4n) is 2.17. The van der Waals surface area contributed by atoms with Crippen LogP contribution in [-0.4, -0.2) is 32.1 Å². The summed E-state index contributed by atoms with van der Waals surface area (Å²) in [5.74, 6) is -15.4. The summed E-state index contributed by atoms with van der Waals surface area (Å²) in [5, 5.41) is 1.83. The molecule has 0 aliphatic carbocycles. The summed E-state index contributed by atoms with van der Waals surface area (Å²) in [4.78, 5) is 35.5. The minimum Gasteiger partial charge on any atom is -0.465 e. The number of hydrogen-bond acceptors (Lipinski definition) is 5. The molecule has 0 spiro atoms. The zero-order valence-electron chi connectivity index (χ0n) is 14.2. The van der Waals surface area contributed by atoms with Crippen LogP contribution in [0.5, 0.6) is 0 Å². The van der Waals surface area contributed by atoms with E-state index in [4.69, 9.17) is 0 Å². The smallest absolute Gasteiger partial charge is 0.339 e. The maximum Gasteiger partial charge on any atom is 0.339 e. The monoisotopic (exact) mass is 403 g/mol. The summed E-state index contributed by atoms with van der Waals surface area (Å²) in [6, 6.07) is 3.07. The van der Waals surface area contributed by atoms with Gasteiger partial charge in [-0.2, -0.15) is 0 Å². The van der Waals surface area contributed by atoms with Gasteiger partial charge in [-0.15, -0.1) is 0 Å². The quantitative estimate of drug-likeness (QED) is 0.367. The van der Waals surface area contributed by atoms with Gasteiger partial charge in [0.15, 0.2) is 23.3 Å². The Morgan fingerprint density at radius 1 is 0.786 bits per heavy atom. The normalized spacial score (nSPS) is 10.4. The first kappa shape index (κ1) is 20.8. The van der Waals surface area contributed by atoms with E-state index in [1.807, 2.05) is 5.32 Å². The summed E-state index contributed by atoms with van der Waals surface area (Å²) < 4.78 is 76.2. The van der Waals surface area contributed by atoms with Crippen molar-refractivity contribution in [1.29, 1.82) is 0 Å². The number of ether oxygens (including phenoxy) is 2. The first-order valence-corrected chi connectivity index (χ1v) is 7.27. The third-order valence-electron chi connectivity index (χ3n) is 3.53. The lowest BCUT2D eigenvalue weighted by Crippen LogP contribution is -2.21. The van der Waals surface area contributed by atoms with Gasteiger partial charge in [0.05, 0.1) is 31.0 Å². The highest BCUT2D eigenvalue weighted by Gasteiger charge is 2.30. The molecule has 6 nitrogen and oxygen atoms in total. The lowest BCUT2D eigenvalue weighted by molar-refractivity contribution is 0.0587. The standard InChI is InChI=1S/C17H10F5NO5/c1-27-16(25)6-3-4-7(17(26)28-2)8(5-6)23-15(24)9-10(18)12(20)14(22)13(21)11(9)19/h3-5H,1-2H3,(H,23,24). The molecular weight excluding hydrogens is 393 g/mol. The Morgan fingerprint density at radius 3 is 1.79 bits per heavy atom. The van der Waals surface area contributed by atoms with Gasteiger partial charge in [0.1, 0.15) is 5.56 Å². The largest absolute Gasteiger partial charge is 0.465 e. The van der Waals surface area contributed by atoms with Crippen molar-refractivity contribution in [2.24, 2.45) is 0 Å². The Balaban J connectivity index is 2.57. The topological polar surface area (TPSA) is 81.7 Å². The molecule has 1 N–H and O–H groups in total. The van der Waals surface area contributed by atoms with Gasteiger partial charge in [-0.25, -0.2) is 31.5 Å². The number of esters is 2. The van der Waals surface area contributed by atoms with E-state index in [0.717, 1.165) is 32.4 Å². The number of amides is 1. The lowest BCUT2D eigenvalue weighted by atomic mass is 10.1. The van der Waals surface area contributed by atoms with Gasteiger partial charge >= 0.3 is 11.9 Å². The number of hydrogen-bond donors (Lipinski definition) is 1. The molecular formula is C17H10F5NO5. The highest BCUT2D eigenvalue weighted by atomic mass is 19.2. The Kier molecular flexibility index (Phi) is 5.96. The molecule has 28 heavy (non-hydrogen) atoms. The summed E-state index contributed by atoms with van der Waals surface area (Å²) >= 11 is 0. The average Bonchev–Trinajstić information content (AvgIpc) is 2.69. The van der Waals surface area contributed by atoms with E-state index in [9.17, 15) is 36.3 Å². The molecule has 2 aromatic rings. The Morgan fingerprint density at radius 2 is 1.29 bits per heavy atom. The summed E-state index contributed by atoms with van der Waals surface area (Å²) in [5.41, 5.74) is -2.78. The highest BCUT2D eigenvalue weighted by molar-refractivity contribution is 6.09. The van der Waals surface area contributed by atoms with Crippen molar-refractivity contribution in [3.63, 3.8) is 0 Å². The van der Waals surface area contributed by atoms with E-state index in [0.29, 0.717) is 0 Å². The van der Waals surface area contributed by atoms with Gasteiger partial charge in [0.2, 0.25) is 5.82 Å². The van der Waals surface area contributed by atoms with Gasteiger partial charge in [-0.05, 0) is 18.2 Å². The molecule has 148 valence electrons. The van der Waals surface area contributed by atoms with Crippen LogP contribution in [-0.2, 0) is 9.47 Å². The molecule has 0 heterocycles. The molecule has 2 aromatic carbocycles. The van der Waals surface area contributed by atoms with Crippen LogP contribution in [0.25, 0.3) is 0 Å². The summed E-state index contributed by atoms with van der Waals surface area (Å²) in [6.45, 7) is 0. The number of carbonyl (C=O) groups is 3. The average molecular weight is 403 g/mol. The maximum absolute atomic E-state index is 13.8. The minimum absolute atomic E-state index is 0.178. The summed E-state index contributed by atoms with van der Waals surface area (Å²) in [6.07, 6.45) is 0. The first-order valence-electron chi connectivity index (χ1n) is 7.27. The van der Waals surface area contributed by atoms with Crippen LogP contribution >= 0.6 is 0 Å². The molecule has 0 fully saturated rings. The molecule has 1 amide bonds. The summed E-state index contributed by atoms with van der Waals surface area (Å²) in [7, 11) is 2.04. The molecule has 0 saturated carbocycles. The number of carbonyl (C=O) groups excluding carboxylic acids is 3. The molecule has 2 rings (SSSR count). The SMILES string of the molecule is COC(=O)c1ccc(C(=O)OC)c(NC(=O)c2c(F)c(F)c(F)c(F)c2F)c1. The number of anilines is 1. The fraction of sp³-hybridized carbons (Fsp3) is 0.118. The van der Waals surface area contributed by atoms with Crippen molar-refractivity contribution < 1.29 is 45.8 Å². The van der Waals surface area contributed by atoms with Crippen molar-refractivity contribution in [3.8, 4) is 0 Å². The minimum atomic E-state index is -2.44. The third kappa shape index (κ3) is 3.63. The number of nitrogens with one attached hydrogen (secondary N) is 1. The van der Waals surface area contributed by atoms with Crippen LogP contribution in [0.3, 0.4) is 0 Å². The van der Waals surface area contributed by atoms with E-state index in [1.165, 1.54) is 0 Å². The van der Waals surface area contributed by atoms with Crippen LogP contribution < -0.4 is 5.32 Å². The van der Waals surface area contributed by atoms with E-state index in [2.05, 4.69) is 9.47 Å². The van der Waals surface area contributed by atoms with Crippen molar-refractivity contribution in [2.75, 3.05) is 19.5 Å². The second-order valence-electron chi connectivity index (χ2n) is 5.14. The molecule has 0 saturated heterocycles. The highest BCUT2D eigenvalue weighted by Crippen LogP contribution is 2.25. The van der Waals surface area contributed by atoms with Crippen molar-refractivity contribution in [3.05, 3.63) is 64.0 Å². The van der Waals surface area contributed by atoms with Crippen molar-refractivity contribution >= 4 is 23.5 Å². The van der Waals surface area contributed by atoms with E-state index < -0.39 is 58.2 Å². The van der Waals surface area contributed by atoms with Crippen LogP contribution in [0.2, 0.25) is 0 Å². The van der Waals surface area contributed by atoms with Crippen LogP contribution in [0, 0.1) is 29.1 Å². The number of benzene rings is 2. The van der Waals surface area contributed by atoms with Gasteiger partial charge < -0.3 is 14.8 Å².